The van der Waals surface area contributed by atoms with Crippen LogP contribution in [0.3, 0.4) is 0 Å². The van der Waals surface area contributed by atoms with Gasteiger partial charge in [0, 0.05) is 5.56 Å². The van der Waals surface area contributed by atoms with Crippen molar-refractivity contribution in [3.8, 4) is 0 Å². The first-order valence-electron chi connectivity index (χ1n) is 3.91. The van der Waals surface area contributed by atoms with Gasteiger partial charge in [-0.2, -0.15) is 0 Å². The molecule has 0 saturated carbocycles. The molecule has 0 aromatic heterocycles. The van der Waals surface area contributed by atoms with Crippen LogP contribution in [0.15, 0.2) is 29.4 Å². The highest BCUT2D eigenvalue weighted by molar-refractivity contribution is 5.95. The number of carbonyl (C=O) groups is 1. The fraction of sp³-hybridized carbons (Fsp3) is 0.111. The lowest BCUT2D eigenvalue weighted by molar-refractivity contribution is -0.131. The van der Waals surface area contributed by atoms with Crippen molar-refractivity contribution in [1.82, 2.24) is 0 Å². The molecule has 0 saturated heterocycles. The largest absolute Gasteiger partial charge is 0.426 e. The van der Waals surface area contributed by atoms with E-state index >= 15 is 0 Å². The molecule has 1 atom stereocenters. The van der Waals surface area contributed by atoms with Crippen LogP contribution >= 0.6 is 0 Å². The molecule has 1 aliphatic rings. The normalized spacial score (nSPS) is 19.5. The molecule has 2 rings (SSSR count). The minimum absolute atomic E-state index is 0.183. The zero-order valence-corrected chi connectivity index (χ0v) is 7.01. The monoisotopic (exact) mass is 195 g/mol. The highest BCUT2D eigenvalue weighted by Crippen LogP contribution is 2.12. The van der Waals surface area contributed by atoms with Crippen LogP contribution in [0.5, 0.6) is 0 Å². The summed E-state index contributed by atoms with van der Waals surface area (Å²) in [6, 6.07) is 5.53. The Morgan fingerprint density at radius 3 is 2.64 bits per heavy atom. The van der Waals surface area contributed by atoms with Crippen molar-refractivity contribution in [1.29, 1.82) is 0 Å². The maximum atomic E-state index is 12.5. The van der Waals surface area contributed by atoms with Crippen LogP contribution in [0.25, 0.3) is 0 Å². The van der Waals surface area contributed by atoms with Gasteiger partial charge < -0.3 is 9.57 Å². The number of benzene rings is 1. The molecule has 1 heterocycles. The van der Waals surface area contributed by atoms with E-state index in [1.54, 1.807) is 0 Å². The Balaban J connectivity index is 2.17. The molecule has 0 N–H and O–H groups in total. The van der Waals surface area contributed by atoms with Gasteiger partial charge in [-0.1, -0.05) is 0 Å². The van der Waals surface area contributed by atoms with Crippen molar-refractivity contribution in [2.24, 2.45) is 5.16 Å². The average Bonchev–Trinajstić information content (AvgIpc) is 2.67. The van der Waals surface area contributed by atoms with Crippen LogP contribution in [-0.4, -0.2) is 18.5 Å². The number of nitrogens with zero attached hydrogens (tertiary/aromatic N) is 1. The fourth-order valence-electron chi connectivity index (χ4n) is 1.02. The Morgan fingerprint density at radius 1 is 1.36 bits per heavy atom. The lowest BCUT2D eigenvalue weighted by atomic mass is 10.2. The van der Waals surface area contributed by atoms with Gasteiger partial charge in [0.05, 0.1) is 0 Å². The standard InChI is InChI=1S/C9H6FNO3/c10-7-3-1-6(2-4-7)9-11-14-8(5-12)13-9/h1-5,8H. The molecule has 5 heteroatoms. The highest BCUT2D eigenvalue weighted by Gasteiger charge is 2.21. The molecule has 4 nitrogen and oxygen atoms in total. The molecule has 1 unspecified atom stereocenters. The third kappa shape index (κ3) is 1.56. The molecule has 1 aromatic rings. The zero-order chi connectivity index (χ0) is 9.97. The van der Waals surface area contributed by atoms with Crippen LogP contribution < -0.4 is 0 Å². The van der Waals surface area contributed by atoms with Gasteiger partial charge in [0.15, 0.2) is 0 Å². The van der Waals surface area contributed by atoms with E-state index in [1.807, 2.05) is 0 Å². The molecule has 0 bridgehead atoms. The van der Waals surface area contributed by atoms with Crippen molar-refractivity contribution in [3.63, 3.8) is 0 Å². The predicted molar refractivity (Wildman–Crippen MR) is 45.0 cm³/mol. The summed E-state index contributed by atoms with van der Waals surface area (Å²) in [5.41, 5.74) is 0.566. The summed E-state index contributed by atoms with van der Waals surface area (Å²) in [6.45, 7) is 0. The van der Waals surface area contributed by atoms with Gasteiger partial charge >= 0.3 is 6.29 Å². The van der Waals surface area contributed by atoms with Crippen LogP contribution in [0, 0.1) is 5.82 Å². The van der Waals surface area contributed by atoms with Gasteiger partial charge in [-0.05, 0) is 29.4 Å². The van der Waals surface area contributed by atoms with Gasteiger partial charge in [0.25, 0.3) is 5.90 Å². The van der Waals surface area contributed by atoms with E-state index in [-0.39, 0.29) is 11.7 Å². The topological polar surface area (TPSA) is 47.9 Å². The molecule has 1 aromatic carbocycles. The first-order valence-corrected chi connectivity index (χ1v) is 3.91. The minimum Gasteiger partial charge on any atom is -0.426 e. The summed E-state index contributed by atoms with van der Waals surface area (Å²) in [7, 11) is 0. The molecular weight excluding hydrogens is 189 g/mol. The van der Waals surface area contributed by atoms with Gasteiger partial charge in [-0.25, -0.2) is 4.39 Å². The number of carbonyl (C=O) groups excluding carboxylic acids is 1. The van der Waals surface area contributed by atoms with E-state index in [9.17, 15) is 9.18 Å². The first-order chi connectivity index (χ1) is 6.79. The Kier molecular flexibility index (Phi) is 2.14. The van der Waals surface area contributed by atoms with Gasteiger partial charge in [-0.15, -0.1) is 0 Å². The SMILES string of the molecule is O=CC1ON=C(c2ccc(F)cc2)O1. The summed E-state index contributed by atoms with van der Waals surface area (Å²) < 4.78 is 17.5. The van der Waals surface area contributed by atoms with E-state index in [0.29, 0.717) is 11.8 Å². The molecule has 0 fully saturated rings. The molecule has 72 valence electrons. The van der Waals surface area contributed by atoms with E-state index in [2.05, 4.69) is 9.99 Å². The van der Waals surface area contributed by atoms with Crippen LogP contribution in [0.4, 0.5) is 4.39 Å². The Morgan fingerprint density at radius 2 is 2.07 bits per heavy atom. The first kappa shape index (κ1) is 8.68. The molecule has 1 aliphatic heterocycles. The second-order valence-corrected chi connectivity index (χ2v) is 2.63. The quantitative estimate of drug-likeness (QED) is 0.663. The maximum absolute atomic E-state index is 12.5. The second-order valence-electron chi connectivity index (χ2n) is 2.63. The maximum Gasteiger partial charge on any atom is 0.323 e. The third-order valence-electron chi connectivity index (χ3n) is 1.67. The number of hydrogen-bond acceptors (Lipinski definition) is 4. The zero-order valence-electron chi connectivity index (χ0n) is 7.01. The molecule has 0 aliphatic carbocycles. The second kappa shape index (κ2) is 3.45. The number of aldehydes is 1. The Bertz CT molecular complexity index is 374. The van der Waals surface area contributed by atoms with Gasteiger partial charge in [-0.3, -0.25) is 4.79 Å². The van der Waals surface area contributed by atoms with Gasteiger partial charge in [0.2, 0.25) is 6.29 Å². The molecular formula is C9H6FNO3. The summed E-state index contributed by atoms with van der Waals surface area (Å²) in [5, 5.41) is 3.53. The number of rotatable bonds is 2. The van der Waals surface area contributed by atoms with E-state index in [4.69, 9.17) is 4.74 Å². The number of ether oxygens (including phenoxy) is 1. The summed E-state index contributed by atoms with van der Waals surface area (Å²) in [4.78, 5) is 14.9. The highest BCUT2D eigenvalue weighted by atomic mass is 19.1. The molecule has 0 amide bonds. The van der Waals surface area contributed by atoms with E-state index < -0.39 is 6.29 Å². The summed E-state index contributed by atoms with van der Waals surface area (Å²) >= 11 is 0. The lowest BCUT2D eigenvalue weighted by Gasteiger charge is -2.00. The van der Waals surface area contributed by atoms with Crippen LogP contribution in [-0.2, 0) is 14.4 Å². The lowest BCUT2D eigenvalue weighted by Crippen LogP contribution is -2.13. The molecule has 0 radical (unpaired) electrons. The van der Waals surface area contributed by atoms with Crippen molar-refractivity contribution >= 4 is 12.2 Å². The van der Waals surface area contributed by atoms with Crippen molar-refractivity contribution < 1.29 is 18.8 Å². The fourth-order valence-corrected chi connectivity index (χ4v) is 1.02. The summed E-state index contributed by atoms with van der Waals surface area (Å²) in [6.07, 6.45) is -0.505. The number of halogens is 1. The van der Waals surface area contributed by atoms with E-state index in [1.165, 1.54) is 24.3 Å². The van der Waals surface area contributed by atoms with Crippen LogP contribution in [0.1, 0.15) is 5.56 Å². The predicted octanol–water partition coefficient (Wildman–Crippen LogP) is 1.06. The van der Waals surface area contributed by atoms with Gasteiger partial charge in [0.1, 0.15) is 5.82 Å². The number of hydrogen-bond donors (Lipinski definition) is 0. The van der Waals surface area contributed by atoms with Crippen molar-refractivity contribution in [2.45, 2.75) is 6.29 Å². The van der Waals surface area contributed by atoms with E-state index in [0.717, 1.165) is 0 Å². The van der Waals surface area contributed by atoms with Crippen molar-refractivity contribution in [3.05, 3.63) is 35.6 Å². The Labute approximate surface area is 78.9 Å². The smallest absolute Gasteiger partial charge is 0.323 e. The summed E-state index contributed by atoms with van der Waals surface area (Å²) in [5.74, 6) is -0.165. The minimum atomic E-state index is -0.991. The average molecular weight is 195 g/mol. The number of oxime groups is 1. The van der Waals surface area contributed by atoms with Crippen LogP contribution in [0.2, 0.25) is 0 Å². The molecule has 0 spiro atoms. The third-order valence-corrected chi connectivity index (χ3v) is 1.67. The van der Waals surface area contributed by atoms with Crippen molar-refractivity contribution in [2.75, 3.05) is 0 Å². The molecule has 14 heavy (non-hydrogen) atoms. The Hall–Kier alpha value is -1.91.